The van der Waals surface area contributed by atoms with Crippen molar-refractivity contribution in [2.45, 2.75) is 13.8 Å². The van der Waals surface area contributed by atoms with Crippen LogP contribution in [0.1, 0.15) is 11.1 Å². The molecular weight excluding hydrogens is 206 g/mol. The summed E-state index contributed by atoms with van der Waals surface area (Å²) >= 11 is 0. The van der Waals surface area contributed by atoms with Gasteiger partial charge in [-0.1, -0.05) is 0 Å². The van der Waals surface area contributed by atoms with Crippen molar-refractivity contribution >= 4 is 23.3 Å². The molecule has 84 valence electrons. The highest BCUT2D eigenvalue weighted by atomic mass is 16.2. The van der Waals surface area contributed by atoms with Crippen molar-refractivity contribution in [3.8, 4) is 0 Å². The molecule has 2 rings (SSSR count). The first-order chi connectivity index (χ1) is 7.50. The minimum atomic E-state index is -0.378. The zero-order chi connectivity index (χ0) is 11.9. The second-order valence-corrected chi connectivity index (χ2v) is 3.88. The fourth-order valence-corrected chi connectivity index (χ4v) is 1.73. The van der Waals surface area contributed by atoms with Gasteiger partial charge in [0.25, 0.3) is 5.91 Å². The van der Waals surface area contributed by atoms with E-state index in [0.717, 1.165) is 16.0 Å². The number of amides is 3. The zero-order valence-electron chi connectivity index (χ0n) is 9.20. The van der Waals surface area contributed by atoms with E-state index in [1.54, 1.807) is 12.1 Å². The number of urea groups is 1. The predicted molar refractivity (Wildman–Crippen MR) is 61.2 cm³/mol. The number of nitrogens with two attached hydrogens (primary N) is 1. The SMILES string of the molecule is Cc1cc(N2C(=O)CNC2=O)c(C)cc1N. The van der Waals surface area contributed by atoms with Crippen molar-refractivity contribution < 1.29 is 9.59 Å². The van der Waals surface area contributed by atoms with Crippen LogP contribution in [0.2, 0.25) is 0 Å². The molecule has 5 heteroatoms. The minimum absolute atomic E-state index is 0.0572. The molecule has 3 amide bonds. The second-order valence-electron chi connectivity index (χ2n) is 3.88. The summed E-state index contributed by atoms with van der Waals surface area (Å²) in [6.45, 7) is 3.72. The molecule has 1 aliphatic rings. The van der Waals surface area contributed by atoms with E-state index in [1.165, 1.54) is 0 Å². The molecule has 16 heavy (non-hydrogen) atoms. The number of nitrogens with zero attached hydrogens (tertiary/aromatic N) is 1. The van der Waals surface area contributed by atoms with E-state index in [-0.39, 0.29) is 18.5 Å². The van der Waals surface area contributed by atoms with Crippen LogP contribution in [0.5, 0.6) is 0 Å². The molecule has 1 aromatic carbocycles. The summed E-state index contributed by atoms with van der Waals surface area (Å²) in [5.41, 5.74) is 8.69. The predicted octanol–water partition coefficient (Wildman–Crippen LogP) is 0.942. The van der Waals surface area contributed by atoms with Crippen molar-refractivity contribution in [1.82, 2.24) is 5.32 Å². The highest BCUT2D eigenvalue weighted by molar-refractivity contribution is 6.20. The largest absolute Gasteiger partial charge is 0.399 e. The molecule has 1 heterocycles. The fourth-order valence-electron chi connectivity index (χ4n) is 1.73. The molecule has 0 atom stereocenters. The Morgan fingerprint density at radius 3 is 2.50 bits per heavy atom. The van der Waals surface area contributed by atoms with Crippen molar-refractivity contribution in [2.75, 3.05) is 17.2 Å². The molecule has 0 aliphatic carbocycles. The van der Waals surface area contributed by atoms with Crippen LogP contribution in [0.25, 0.3) is 0 Å². The van der Waals surface area contributed by atoms with Gasteiger partial charge in [-0.05, 0) is 37.1 Å². The van der Waals surface area contributed by atoms with E-state index in [9.17, 15) is 9.59 Å². The molecule has 3 N–H and O–H groups in total. The number of carbonyl (C=O) groups excluding carboxylic acids is 2. The Balaban J connectivity index is 2.51. The fraction of sp³-hybridized carbons (Fsp3) is 0.273. The number of imide groups is 1. The lowest BCUT2D eigenvalue weighted by Crippen LogP contribution is -2.31. The average Bonchev–Trinajstić information content (AvgIpc) is 2.53. The maximum atomic E-state index is 11.5. The van der Waals surface area contributed by atoms with Gasteiger partial charge in [0, 0.05) is 5.69 Å². The molecule has 1 aromatic rings. The Hall–Kier alpha value is -2.04. The molecule has 5 nitrogen and oxygen atoms in total. The van der Waals surface area contributed by atoms with Crippen LogP contribution in [0.4, 0.5) is 16.2 Å². The molecular formula is C11H13N3O2. The van der Waals surface area contributed by atoms with Crippen LogP contribution < -0.4 is 16.0 Å². The molecule has 0 unspecified atom stereocenters. The molecule has 0 spiro atoms. The maximum absolute atomic E-state index is 11.5. The highest BCUT2D eigenvalue weighted by Gasteiger charge is 2.31. The number of hydrogen-bond donors (Lipinski definition) is 2. The van der Waals surface area contributed by atoms with Crippen LogP contribution in [-0.2, 0) is 4.79 Å². The maximum Gasteiger partial charge on any atom is 0.329 e. The molecule has 0 aromatic heterocycles. The van der Waals surface area contributed by atoms with Gasteiger partial charge >= 0.3 is 6.03 Å². The Kier molecular flexibility index (Phi) is 2.30. The molecule has 0 bridgehead atoms. The lowest BCUT2D eigenvalue weighted by Gasteiger charge is -2.16. The van der Waals surface area contributed by atoms with Crippen molar-refractivity contribution in [1.29, 1.82) is 0 Å². The number of rotatable bonds is 1. The summed E-state index contributed by atoms with van der Waals surface area (Å²) in [6, 6.07) is 3.15. The van der Waals surface area contributed by atoms with Gasteiger partial charge in [-0.15, -0.1) is 0 Å². The van der Waals surface area contributed by atoms with Crippen molar-refractivity contribution in [2.24, 2.45) is 0 Å². The summed E-state index contributed by atoms with van der Waals surface area (Å²) in [7, 11) is 0. The molecule has 1 saturated heterocycles. The van der Waals surface area contributed by atoms with Crippen molar-refractivity contribution in [3.63, 3.8) is 0 Å². The summed E-state index contributed by atoms with van der Waals surface area (Å²) in [6.07, 6.45) is 0. The summed E-state index contributed by atoms with van der Waals surface area (Å²) in [4.78, 5) is 24.2. The quantitative estimate of drug-likeness (QED) is 0.545. The van der Waals surface area contributed by atoms with Gasteiger partial charge in [-0.25, -0.2) is 9.69 Å². The number of nitrogen functional groups attached to an aromatic ring is 1. The van der Waals surface area contributed by atoms with Crippen LogP contribution in [0.3, 0.4) is 0 Å². The minimum Gasteiger partial charge on any atom is -0.399 e. The van der Waals surface area contributed by atoms with Gasteiger partial charge in [0.2, 0.25) is 0 Å². The number of hydrogen-bond acceptors (Lipinski definition) is 3. The van der Waals surface area contributed by atoms with Crippen molar-refractivity contribution in [3.05, 3.63) is 23.3 Å². The number of nitrogens with one attached hydrogen (secondary N) is 1. The molecule has 1 fully saturated rings. The van der Waals surface area contributed by atoms with E-state index < -0.39 is 0 Å². The summed E-state index contributed by atoms with van der Waals surface area (Å²) < 4.78 is 0. The Labute approximate surface area is 93.2 Å². The Morgan fingerprint density at radius 2 is 1.94 bits per heavy atom. The monoisotopic (exact) mass is 219 g/mol. The van der Waals surface area contributed by atoms with Gasteiger partial charge in [0.05, 0.1) is 12.2 Å². The van der Waals surface area contributed by atoms with Crippen LogP contribution in [0.15, 0.2) is 12.1 Å². The number of benzene rings is 1. The van der Waals surface area contributed by atoms with Crippen LogP contribution in [-0.4, -0.2) is 18.5 Å². The Bertz CT molecular complexity index is 466. The normalized spacial score (nSPS) is 15.5. The third kappa shape index (κ3) is 1.50. The molecule has 1 aliphatic heterocycles. The molecule has 0 radical (unpaired) electrons. The third-order valence-corrected chi connectivity index (χ3v) is 2.67. The Morgan fingerprint density at radius 1 is 1.25 bits per heavy atom. The van der Waals surface area contributed by atoms with Gasteiger partial charge in [-0.3, -0.25) is 4.79 Å². The van der Waals surface area contributed by atoms with E-state index in [1.807, 2.05) is 13.8 Å². The van der Waals surface area contributed by atoms with E-state index >= 15 is 0 Å². The van der Waals surface area contributed by atoms with Crippen LogP contribution in [0, 0.1) is 13.8 Å². The third-order valence-electron chi connectivity index (χ3n) is 2.67. The van der Waals surface area contributed by atoms with Gasteiger partial charge < -0.3 is 11.1 Å². The standard InChI is InChI=1S/C11H13N3O2/c1-6-4-9(7(2)3-8(6)12)14-10(15)5-13-11(14)16/h3-4H,5,12H2,1-2H3,(H,13,16). The first-order valence-corrected chi connectivity index (χ1v) is 4.98. The van der Waals surface area contributed by atoms with Gasteiger partial charge in [0.15, 0.2) is 0 Å². The van der Waals surface area contributed by atoms with Gasteiger partial charge in [0.1, 0.15) is 0 Å². The van der Waals surface area contributed by atoms with Crippen LogP contribution >= 0.6 is 0 Å². The second kappa shape index (κ2) is 3.52. The van der Waals surface area contributed by atoms with E-state index in [4.69, 9.17) is 5.73 Å². The van der Waals surface area contributed by atoms with E-state index in [2.05, 4.69) is 5.32 Å². The zero-order valence-corrected chi connectivity index (χ0v) is 9.20. The first-order valence-electron chi connectivity index (χ1n) is 4.98. The number of carbonyl (C=O) groups is 2. The lowest BCUT2D eigenvalue weighted by molar-refractivity contribution is -0.115. The topological polar surface area (TPSA) is 75.4 Å². The summed E-state index contributed by atoms with van der Waals surface area (Å²) in [5.74, 6) is -0.239. The summed E-state index contributed by atoms with van der Waals surface area (Å²) in [5, 5.41) is 2.49. The lowest BCUT2D eigenvalue weighted by atomic mass is 10.1. The van der Waals surface area contributed by atoms with Gasteiger partial charge in [-0.2, -0.15) is 0 Å². The molecule has 0 saturated carbocycles. The first kappa shape index (κ1) is 10.5. The number of anilines is 2. The smallest absolute Gasteiger partial charge is 0.329 e. The average molecular weight is 219 g/mol. The number of aryl methyl sites for hydroxylation is 2. The highest BCUT2D eigenvalue weighted by Crippen LogP contribution is 2.27. The van der Waals surface area contributed by atoms with E-state index in [0.29, 0.717) is 11.4 Å².